The zero-order chi connectivity index (χ0) is 15.0. The topological polar surface area (TPSA) is 21.3 Å². The predicted octanol–water partition coefficient (Wildman–Crippen LogP) is 4.30. The van der Waals surface area contributed by atoms with E-state index >= 15 is 0 Å². The van der Waals surface area contributed by atoms with Crippen LogP contribution in [0.2, 0.25) is 0 Å². The summed E-state index contributed by atoms with van der Waals surface area (Å²) in [6.45, 7) is 5.10. The molecule has 0 amide bonds. The lowest BCUT2D eigenvalue weighted by molar-refractivity contribution is -0.135. The van der Waals surface area contributed by atoms with Crippen LogP contribution < -0.4 is 10.1 Å². The Hall–Kier alpha value is -1.23. The molecule has 5 heteroatoms. The Morgan fingerprint density at radius 1 is 1.15 bits per heavy atom. The van der Waals surface area contributed by atoms with Crippen LogP contribution in [0.25, 0.3) is 0 Å². The molecule has 1 aromatic carbocycles. The lowest BCUT2D eigenvalue weighted by Gasteiger charge is -2.14. The number of unbranched alkanes of at least 4 members (excludes halogenated alkanes) is 1. The number of benzene rings is 1. The molecule has 1 rings (SSSR count). The molecule has 0 heterocycles. The Labute approximate surface area is 118 Å². The predicted molar refractivity (Wildman–Crippen MR) is 73.8 cm³/mol. The van der Waals surface area contributed by atoms with Gasteiger partial charge in [-0.1, -0.05) is 18.2 Å². The Morgan fingerprint density at radius 2 is 1.85 bits per heavy atom. The molecule has 1 N–H and O–H groups in total. The van der Waals surface area contributed by atoms with Crippen molar-refractivity contribution in [2.75, 3.05) is 6.54 Å². The molecular weight excluding hydrogens is 267 g/mol. The third-order valence-corrected chi connectivity index (χ3v) is 2.71. The maximum atomic E-state index is 12.0. The van der Waals surface area contributed by atoms with Gasteiger partial charge in [0.1, 0.15) is 5.75 Å². The molecule has 0 radical (unpaired) electrons. The summed E-state index contributed by atoms with van der Waals surface area (Å²) in [6, 6.07) is 7.69. The summed E-state index contributed by atoms with van der Waals surface area (Å²) in [5.41, 5.74) is 1.03. The first-order chi connectivity index (χ1) is 9.38. The maximum absolute atomic E-state index is 12.0. The zero-order valence-corrected chi connectivity index (χ0v) is 12.0. The number of ether oxygens (including phenoxy) is 1. The minimum absolute atomic E-state index is 0.0999. The molecule has 114 valence electrons. The van der Waals surface area contributed by atoms with Crippen LogP contribution >= 0.6 is 0 Å². The fraction of sp³-hybridized carbons (Fsp3) is 0.600. The van der Waals surface area contributed by atoms with Crippen molar-refractivity contribution in [3.63, 3.8) is 0 Å². The summed E-state index contributed by atoms with van der Waals surface area (Å²) in [4.78, 5) is 0. The first-order valence-electron chi connectivity index (χ1n) is 6.90. The molecular formula is C15H22F3NO. The van der Waals surface area contributed by atoms with E-state index in [1.807, 2.05) is 38.1 Å². The van der Waals surface area contributed by atoms with Crippen molar-refractivity contribution < 1.29 is 17.9 Å². The Morgan fingerprint density at radius 3 is 2.50 bits per heavy atom. The van der Waals surface area contributed by atoms with E-state index in [0.29, 0.717) is 19.5 Å². The highest BCUT2D eigenvalue weighted by Crippen LogP contribution is 2.22. The summed E-state index contributed by atoms with van der Waals surface area (Å²) in [6.07, 6.45) is -3.96. The normalized spacial score (nSPS) is 11.9. The first kappa shape index (κ1) is 16.8. The number of para-hydroxylation sites is 1. The molecule has 0 atom stereocenters. The van der Waals surface area contributed by atoms with Gasteiger partial charge in [0.25, 0.3) is 0 Å². The van der Waals surface area contributed by atoms with E-state index in [1.54, 1.807) is 0 Å². The van der Waals surface area contributed by atoms with Gasteiger partial charge in [0.2, 0.25) is 0 Å². The molecule has 0 bridgehead atoms. The van der Waals surface area contributed by atoms with E-state index in [4.69, 9.17) is 4.74 Å². The molecule has 0 aliphatic carbocycles. The highest BCUT2D eigenvalue weighted by atomic mass is 19.4. The second-order valence-corrected chi connectivity index (χ2v) is 5.02. The molecule has 0 aromatic heterocycles. The van der Waals surface area contributed by atoms with Gasteiger partial charge in [0.15, 0.2) is 0 Å². The van der Waals surface area contributed by atoms with E-state index in [-0.39, 0.29) is 12.5 Å². The maximum Gasteiger partial charge on any atom is 0.389 e. The van der Waals surface area contributed by atoms with Crippen LogP contribution in [0.15, 0.2) is 24.3 Å². The molecule has 0 aliphatic heterocycles. The molecule has 0 saturated carbocycles. The van der Waals surface area contributed by atoms with Gasteiger partial charge in [-0.25, -0.2) is 0 Å². The van der Waals surface area contributed by atoms with Crippen LogP contribution in [0.4, 0.5) is 13.2 Å². The van der Waals surface area contributed by atoms with Crippen LogP contribution in [0, 0.1) is 0 Å². The summed E-state index contributed by atoms with van der Waals surface area (Å²) < 4.78 is 41.6. The smallest absolute Gasteiger partial charge is 0.389 e. The summed E-state index contributed by atoms with van der Waals surface area (Å²) in [5, 5.41) is 3.15. The SMILES string of the molecule is CC(C)Oc1ccccc1CNCCCCC(F)(F)F. The lowest BCUT2D eigenvalue weighted by Crippen LogP contribution is -2.17. The van der Waals surface area contributed by atoms with Gasteiger partial charge in [0.05, 0.1) is 6.10 Å². The monoisotopic (exact) mass is 289 g/mol. The van der Waals surface area contributed by atoms with Crippen molar-refractivity contribution in [1.29, 1.82) is 0 Å². The number of alkyl halides is 3. The van der Waals surface area contributed by atoms with E-state index < -0.39 is 12.6 Å². The molecule has 0 unspecified atom stereocenters. The average Bonchev–Trinajstić information content (AvgIpc) is 2.33. The summed E-state index contributed by atoms with van der Waals surface area (Å²) in [7, 11) is 0. The summed E-state index contributed by atoms with van der Waals surface area (Å²) in [5.74, 6) is 0.824. The van der Waals surface area contributed by atoms with Gasteiger partial charge < -0.3 is 10.1 Å². The molecule has 0 saturated heterocycles. The van der Waals surface area contributed by atoms with Crippen molar-refractivity contribution >= 4 is 0 Å². The molecule has 0 spiro atoms. The van der Waals surface area contributed by atoms with Crippen molar-refractivity contribution in [3.05, 3.63) is 29.8 Å². The first-order valence-corrected chi connectivity index (χ1v) is 6.90. The van der Waals surface area contributed by atoms with Crippen molar-refractivity contribution in [2.24, 2.45) is 0 Å². The van der Waals surface area contributed by atoms with Crippen LogP contribution in [0.1, 0.15) is 38.7 Å². The van der Waals surface area contributed by atoms with E-state index in [2.05, 4.69) is 5.32 Å². The second kappa shape index (κ2) is 8.15. The van der Waals surface area contributed by atoms with Crippen molar-refractivity contribution in [1.82, 2.24) is 5.32 Å². The molecule has 20 heavy (non-hydrogen) atoms. The number of hydrogen-bond acceptors (Lipinski definition) is 2. The van der Waals surface area contributed by atoms with E-state index in [0.717, 1.165) is 11.3 Å². The number of halogens is 3. The fourth-order valence-corrected chi connectivity index (χ4v) is 1.82. The molecule has 2 nitrogen and oxygen atoms in total. The van der Waals surface area contributed by atoms with Gasteiger partial charge in [0, 0.05) is 18.5 Å². The summed E-state index contributed by atoms with van der Waals surface area (Å²) >= 11 is 0. The van der Waals surface area contributed by atoms with Gasteiger partial charge in [-0.2, -0.15) is 13.2 Å². The quantitative estimate of drug-likeness (QED) is 0.721. The number of hydrogen-bond donors (Lipinski definition) is 1. The van der Waals surface area contributed by atoms with Crippen LogP contribution in [-0.2, 0) is 6.54 Å². The van der Waals surface area contributed by atoms with Gasteiger partial charge in [-0.3, -0.25) is 0 Å². The Balaban J connectivity index is 2.28. The van der Waals surface area contributed by atoms with Crippen molar-refractivity contribution in [2.45, 2.75) is 51.9 Å². The molecule has 0 fully saturated rings. The highest BCUT2D eigenvalue weighted by Gasteiger charge is 2.25. The minimum atomic E-state index is -4.04. The number of nitrogens with one attached hydrogen (secondary N) is 1. The van der Waals surface area contributed by atoms with E-state index in [9.17, 15) is 13.2 Å². The molecule has 0 aliphatic rings. The third-order valence-electron chi connectivity index (χ3n) is 2.71. The highest BCUT2D eigenvalue weighted by molar-refractivity contribution is 5.33. The average molecular weight is 289 g/mol. The molecule has 1 aromatic rings. The fourth-order valence-electron chi connectivity index (χ4n) is 1.82. The van der Waals surface area contributed by atoms with Crippen LogP contribution in [0.5, 0.6) is 5.75 Å². The van der Waals surface area contributed by atoms with E-state index in [1.165, 1.54) is 0 Å². The van der Waals surface area contributed by atoms with Gasteiger partial charge in [-0.05, 0) is 39.3 Å². The zero-order valence-electron chi connectivity index (χ0n) is 12.0. The third kappa shape index (κ3) is 7.38. The van der Waals surface area contributed by atoms with Crippen LogP contribution in [-0.4, -0.2) is 18.8 Å². The second-order valence-electron chi connectivity index (χ2n) is 5.02. The van der Waals surface area contributed by atoms with Crippen molar-refractivity contribution in [3.8, 4) is 5.75 Å². The van der Waals surface area contributed by atoms with Gasteiger partial charge in [-0.15, -0.1) is 0 Å². The van der Waals surface area contributed by atoms with Gasteiger partial charge >= 0.3 is 6.18 Å². The number of rotatable bonds is 8. The largest absolute Gasteiger partial charge is 0.491 e. The lowest BCUT2D eigenvalue weighted by atomic mass is 10.2. The Kier molecular flexibility index (Phi) is 6.85. The Bertz CT molecular complexity index is 391. The minimum Gasteiger partial charge on any atom is -0.491 e. The standard InChI is InChI=1S/C15H22F3NO/c1-12(2)20-14-8-4-3-7-13(14)11-19-10-6-5-9-15(16,17)18/h3-4,7-8,12,19H,5-6,9-11H2,1-2H3. The van der Waals surface area contributed by atoms with Crippen LogP contribution in [0.3, 0.4) is 0 Å².